The summed E-state index contributed by atoms with van der Waals surface area (Å²) in [6.07, 6.45) is -16.7. The lowest BCUT2D eigenvalue weighted by molar-refractivity contribution is -0.138. The number of benzene rings is 3. The van der Waals surface area contributed by atoms with Gasteiger partial charge in [-0.15, -0.1) is 0 Å². The first-order valence-electron chi connectivity index (χ1n) is 25.3. The third kappa shape index (κ3) is 8.54. The van der Waals surface area contributed by atoms with Gasteiger partial charge in [0.25, 0.3) is 5.56 Å². The molecule has 4 aromatic rings. The van der Waals surface area contributed by atoms with Crippen molar-refractivity contribution in [3.63, 3.8) is 0 Å². The Hall–Kier alpha value is -3.96. The van der Waals surface area contributed by atoms with E-state index in [-0.39, 0.29) is 21.2 Å². The topological polar surface area (TPSA) is 58.4 Å². The van der Waals surface area contributed by atoms with Gasteiger partial charge < -0.3 is 14.4 Å². The zero-order valence-electron chi connectivity index (χ0n) is 48.2. The lowest BCUT2D eigenvalue weighted by Crippen LogP contribution is -2.40. The zero-order chi connectivity index (χ0) is 54.9. The number of hydrogen-bond donors (Lipinski definition) is 0. The second-order valence-corrected chi connectivity index (χ2v) is 10.4. The van der Waals surface area contributed by atoms with Crippen molar-refractivity contribution >= 4 is 17.7 Å². The summed E-state index contributed by atoms with van der Waals surface area (Å²) in [4.78, 5) is 32.6. The van der Waals surface area contributed by atoms with Gasteiger partial charge in [-0.1, -0.05) is 74.0 Å². The summed E-state index contributed by atoms with van der Waals surface area (Å²) in [7, 11) is 0. The molecular formula is C37H40F4N4O2S. The van der Waals surface area contributed by atoms with E-state index in [2.05, 4.69) is 4.98 Å². The van der Waals surface area contributed by atoms with Gasteiger partial charge >= 0.3 is 6.18 Å². The minimum absolute atomic E-state index is 0.227. The number of aromatic nitrogens is 2. The molecule has 5 rings (SSSR count). The molecule has 0 saturated heterocycles. The standard InChI is InChI=1S/C37H40F4N4O2S/c1-4-43(5-2)19-20-44(22-26-9-13-28(14-10-26)29-15-18-32(25(3)21-29)37(39,40)41)34(46)23-45-33-8-6-7-31(33)35(47)42-36(45)48-24-27-11-16-30(38)17-12-27/h9-18,21H,4-8,19-20,22-24H2,1-3H3/i4D2,5D2,6D2,7D2,8D2,9D,10D,13D,14D,15D,18D,21D,22D2,23D2,24D2. The van der Waals surface area contributed by atoms with Gasteiger partial charge in [-0.3, -0.25) is 9.59 Å². The molecule has 0 aliphatic heterocycles. The molecule has 1 amide bonds. The van der Waals surface area contributed by atoms with Gasteiger partial charge in [0.1, 0.15) is 12.3 Å². The molecule has 0 radical (unpaired) electrons. The predicted octanol–water partition coefficient (Wildman–Crippen LogP) is 7.53. The molecular weight excluding hydrogens is 640 g/mol. The second-order valence-electron chi connectivity index (χ2n) is 9.62. The van der Waals surface area contributed by atoms with Crippen molar-refractivity contribution in [1.82, 2.24) is 19.4 Å². The number of fused-ring (bicyclic) bond motifs is 1. The Labute approximate surface area is 315 Å². The molecule has 0 atom stereocenters. The minimum Gasteiger partial charge on any atom is -0.336 e. The van der Waals surface area contributed by atoms with Crippen LogP contribution in [0.2, 0.25) is 0 Å². The van der Waals surface area contributed by atoms with E-state index in [4.69, 9.17) is 26.0 Å². The van der Waals surface area contributed by atoms with Crippen molar-refractivity contribution in [1.29, 1.82) is 0 Å². The van der Waals surface area contributed by atoms with Crippen LogP contribution in [-0.2, 0) is 42.4 Å². The van der Waals surface area contributed by atoms with Crippen molar-refractivity contribution in [2.45, 2.75) is 69.9 Å². The first-order chi connectivity index (χ1) is 31.8. The normalized spacial score (nSPS) is 24.5. The van der Waals surface area contributed by atoms with Gasteiger partial charge in [0.2, 0.25) is 5.91 Å². The number of carbonyl (C=O) groups excluding carboxylic acids is 1. The summed E-state index contributed by atoms with van der Waals surface area (Å²) >= 11 is -0.265. The molecule has 6 nitrogen and oxygen atoms in total. The number of amides is 1. The smallest absolute Gasteiger partial charge is 0.336 e. The van der Waals surface area contributed by atoms with Crippen LogP contribution in [0.3, 0.4) is 0 Å². The predicted molar refractivity (Wildman–Crippen MR) is 181 cm³/mol. The zero-order valence-corrected chi connectivity index (χ0v) is 26.1. The molecule has 1 aliphatic carbocycles. The lowest BCUT2D eigenvalue weighted by atomic mass is 9.98. The van der Waals surface area contributed by atoms with Crippen LogP contribution < -0.4 is 5.56 Å². The van der Waals surface area contributed by atoms with Crippen LogP contribution in [0.25, 0.3) is 11.1 Å². The number of carbonyl (C=O) groups is 1. The van der Waals surface area contributed by atoms with Gasteiger partial charge in [0.05, 0.1) is 20.6 Å². The number of nitrogens with zero attached hydrogens (tertiary/aromatic N) is 4. The van der Waals surface area contributed by atoms with E-state index in [1.165, 1.54) is 0 Å². The Balaban J connectivity index is 1.88. The van der Waals surface area contributed by atoms with Crippen molar-refractivity contribution in [3.05, 3.63) is 116 Å². The fourth-order valence-electron chi connectivity index (χ4n) is 4.12. The molecule has 1 aromatic heterocycles. The third-order valence-corrected chi connectivity index (χ3v) is 7.27. The van der Waals surface area contributed by atoms with Gasteiger partial charge in [0, 0.05) is 53.0 Å². The summed E-state index contributed by atoms with van der Waals surface area (Å²) < 4.78 is 256. The van der Waals surface area contributed by atoms with Crippen LogP contribution in [0.15, 0.2) is 76.5 Å². The summed E-state index contributed by atoms with van der Waals surface area (Å²) in [5.41, 5.74) is -14.7. The third-order valence-electron chi connectivity index (χ3n) is 6.48. The molecule has 0 saturated carbocycles. The van der Waals surface area contributed by atoms with Gasteiger partial charge in [-0.25, -0.2) is 4.39 Å². The molecule has 3 aromatic carbocycles. The van der Waals surface area contributed by atoms with E-state index in [0.717, 1.165) is 45.0 Å². The summed E-state index contributed by atoms with van der Waals surface area (Å²) in [6, 6.07) is -6.56. The van der Waals surface area contributed by atoms with Crippen molar-refractivity contribution in [2.75, 3.05) is 26.1 Å². The maximum atomic E-state index is 15.2. The van der Waals surface area contributed by atoms with E-state index in [9.17, 15) is 27.8 Å². The summed E-state index contributed by atoms with van der Waals surface area (Å²) in [5, 5.41) is -1.35. The van der Waals surface area contributed by atoms with Crippen molar-refractivity contribution in [2.24, 2.45) is 0 Å². The van der Waals surface area contributed by atoms with Gasteiger partial charge in [-0.2, -0.15) is 18.2 Å². The maximum Gasteiger partial charge on any atom is 0.416 e. The number of rotatable bonds is 13. The fraction of sp³-hybridized carbons (Fsp3) is 0.378. The van der Waals surface area contributed by atoms with E-state index in [1.807, 2.05) is 0 Å². The fourth-order valence-corrected chi connectivity index (χ4v) is 4.82. The maximum absolute atomic E-state index is 15.2. The Kier molecular flexibility index (Phi) is 5.22. The van der Waals surface area contributed by atoms with E-state index < -0.39 is 179 Å². The van der Waals surface area contributed by atoms with Crippen LogP contribution in [0.4, 0.5) is 17.6 Å². The SMILES string of the molecule is [2H]c1c([2H])c(C([2H])([2H])N(CCN(C([2H])([2H])C)C([2H])([2H])C)C(=O)C([2H])([2H])n2c(SC([2H])([2H])c3ccc(F)cc3)nc(=O)c3c2C([2H])([2H])C([2H])([2H])C3([2H])[2H])c([2H])c([2H])c1-c1c([2H])c([2H])c(C(F)(F)F)c(C)c1[2H]. The van der Waals surface area contributed by atoms with Crippen LogP contribution in [0, 0.1) is 12.7 Å². The van der Waals surface area contributed by atoms with Crippen molar-refractivity contribution in [3.8, 4) is 11.1 Å². The van der Waals surface area contributed by atoms with Crippen LogP contribution in [-0.4, -0.2) is 51.3 Å². The Morgan fingerprint density at radius 1 is 1.02 bits per heavy atom. The Bertz CT molecular complexity index is 2810. The average molecular weight is 704 g/mol. The molecule has 0 spiro atoms. The van der Waals surface area contributed by atoms with Gasteiger partial charge in [0.15, 0.2) is 5.16 Å². The quantitative estimate of drug-likeness (QED) is 0.0819. The number of hydrogen-bond acceptors (Lipinski definition) is 5. The molecule has 0 N–H and O–H groups in total. The molecule has 11 heteroatoms. The molecule has 0 fully saturated rings. The number of thioether (sulfide) groups is 1. The first kappa shape index (κ1) is 16.2. The van der Waals surface area contributed by atoms with Gasteiger partial charge in [-0.05, 0) is 85.0 Å². The average Bonchev–Trinajstić information content (AvgIpc) is 3.30. The highest BCUT2D eigenvalue weighted by molar-refractivity contribution is 7.98. The van der Waals surface area contributed by atoms with E-state index in [0.29, 0.717) is 4.90 Å². The van der Waals surface area contributed by atoms with Crippen molar-refractivity contribution < 1.29 is 53.9 Å². The highest BCUT2D eigenvalue weighted by Crippen LogP contribution is 2.34. The largest absolute Gasteiger partial charge is 0.416 e. The lowest BCUT2D eigenvalue weighted by Gasteiger charge is -2.28. The summed E-state index contributed by atoms with van der Waals surface area (Å²) in [5.74, 6) is -3.21. The minimum atomic E-state index is -5.29. The van der Waals surface area contributed by atoms with Crippen LogP contribution >= 0.6 is 11.8 Å². The Morgan fingerprint density at radius 3 is 2.38 bits per heavy atom. The number of likely N-dealkylation sites (N-methyl/N-ethyl adjacent to an activating group) is 1. The molecule has 1 heterocycles. The van der Waals surface area contributed by atoms with Crippen LogP contribution in [0.5, 0.6) is 0 Å². The molecule has 0 bridgehead atoms. The van der Waals surface area contributed by atoms with Crippen LogP contribution in [0.1, 0.15) is 85.3 Å². The number of halogens is 4. The van der Waals surface area contributed by atoms with E-state index in [1.54, 1.807) is 0 Å². The highest BCUT2D eigenvalue weighted by atomic mass is 32.2. The first-order valence-corrected chi connectivity index (χ1v) is 14.6. The molecule has 0 unspecified atom stereocenters. The number of alkyl halides is 3. The molecule has 1 aliphatic rings. The second kappa shape index (κ2) is 15.5. The molecule has 48 heavy (non-hydrogen) atoms. The summed E-state index contributed by atoms with van der Waals surface area (Å²) in [6.45, 7) is -14.0. The highest BCUT2D eigenvalue weighted by Gasteiger charge is 2.32. The monoisotopic (exact) mass is 703 g/mol. The van der Waals surface area contributed by atoms with E-state index >= 15 is 4.79 Å². The molecule has 254 valence electrons. The Morgan fingerprint density at radius 2 is 1.71 bits per heavy atom.